The SMILES string of the molecule is Clc1cc(Cl)cc(-c2cccc(-c3ccc(Cl)c(Cl)c3)c2)c1. The molecular weight excluding hydrogens is 358 g/mol. The van der Waals surface area contributed by atoms with E-state index in [-0.39, 0.29) is 0 Å². The van der Waals surface area contributed by atoms with Gasteiger partial charge < -0.3 is 0 Å². The van der Waals surface area contributed by atoms with Crippen molar-refractivity contribution in [3.05, 3.63) is 80.8 Å². The summed E-state index contributed by atoms with van der Waals surface area (Å²) in [4.78, 5) is 0. The normalized spacial score (nSPS) is 10.7. The lowest BCUT2D eigenvalue weighted by Gasteiger charge is -2.08. The molecule has 3 aromatic carbocycles. The lowest BCUT2D eigenvalue weighted by molar-refractivity contribution is 1.58. The van der Waals surface area contributed by atoms with Gasteiger partial charge in [0.1, 0.15) is 0 Å². The van der Waals surface area contributed by atoms with E-state index in [2.05, 4.69) is 6.07 Å². The van der Waals surface area contributed by atoms with E-state index in [9.17, 15) is 0 Å². The highest BCUT2D eigenvalue weighted by atomic mass is 35.5. The molecule has 0 spiro atoms. The number of hydrogen-bond acceptors (Lipinski definition) is 0. The Morgan fingerprint density at radius 1 is 0.455 bits per heavy atom. The van der Waals surface area contributed by atoms with Crippen molar-refractivity contribution >= 4 is 46.4 Å². The largest absolute Gasteiger partial charge is 0.0843 e. The van der Waals surface area contributed by atoms with Gasteiger partial charge in [0.2, 0.25) is 0 Å². The molecule has 3 aromatic rings. The van der Waals surface area contributed by atoms with Crippen molar-refractivity contribution in [3.8, 4) is 22.3 Å². The minimum atomic E-state index is 0.537. The minimum absolute atomic E-state index is 0.537. The summed E-state index contributed by atoms with van der Waals surface area (Å²) in [6, 6.07) is 19.2. The minimum Gasteiger partial charge on any atom is -0.0843 e. The third-order valence-electron chi connectivity index (χ3n) is 3.31. The molecule has 0 nitrogen and oxygen atoms in total. The molecule has 110 valence electrons. The van der Waals surface area contributed by atoms with Gasteiger partial charge in [-0.25, -0.2) is 0 Å². The molecular formula is C18H10Cl4. The highest BCUT2D eigenvalue weighted by molar-refractivity contribution is 6.42. The van der Waals surface area contributed by atoms with E-state index in [0.717, 1.165) is 22.3 Å². The Labute approximate surface area is 149 Å². The standard InChI is InChI=1S/C18H10Cl4/c19-15-7-14(8-16(20)10-15)12-3-1-2-11(6-12)13-4-5-17(21)18(22)9-13/h1-10H. The number of hydrogen-bond donors (Lipinski definition) is 0. The van der Waals surface area contributed by atoms with Crippen LogP contribution in [-0.2, 0) is 0 Å². The summed E-state index contributed by atoms with van der Waals surface area (Å²) in [5.41, 5.74) is 4.06. The van der Waals surface area contributed by atoms with Gasteiger partial charge >= 0.3 is 0 Å². The maximum absolute atomic E-state index is 6.10. The van der Waals surface area contributed by atoms with Crippen molar-refractivity contribution in [2.75, 3.05) is 0 Å². The second-order valence-electron chi connectivity index (χ2n) is 4.87. The third-order valence-corrected chi connectivity index (χ3v) is 4.49. The average molecular weight is 368 g/mol. The Bertz CT molecular complexity index is 820. The first-order valence-electron chi connectivity index (χ1n) is 6.55. The lowest BCUT2D eigenvalue weighted by atomic mass is 9.99. The molecule has 0 heterocycles. The van der Waals surface area contributed by atoms with Crippen molar-refractivity contribution in [2.24, 2.45) is 0 Å². The quantitative estimate of drug-likeness (QED) is 0.436. The summed E-state index contributed by atoms with van der Waals surface area (Å²) in [6.45, 7) is 0. The van der Waals surface area contributed by atoms with E-state index < -0.39 is 0 Å². The van der Waals surface area contributed by atoms with Gasteiger partial charge in [-0.15, -0.1) is 0 Å². The third kappa shape index (κ3) is 3.42. The van der Waals surface area contributed by atoms with Crippen LogP contribution in [-0.4, -0.2) is 0 Å². The fourth-order valence-electron chi connectivity index (χ4n) is 2.27. The van der Waals surface area contributed by atoms with Crippen molar-refractivity contribution < 1.29 is 0 Å². The zero-order valence-corrected chi connectivity index (χ0v) is 14.3. The molecule has 0 atom stereocenters. The van der Waals surface area contributed by atoms with E-state index in [1.54, 1.807) is 12.1 Å². The van der Waals surface area contributed by atoms with Crippen molar-refractivity contribution in [1.29, 1.82) is 0 Å². The molecule has 0 saturated carbocycles. The molecule has 0 aromatic heterocycles. The van der Waals surface area contributed by atoms with Gasteiger partial charge in [-0.1, -0.05) is 70.7 Å². The molecule has 0 aliphatic carbocycles. The second kappa shape index (κ2) is 6.52. The zero-order valence-electron chi connectivity index (χ0n) is 11.3. The second-order valence-corrected chi connectivity index (χ2v) is 6.56. The molecule has 0 bridgehead atoms. The smallest absolute Gasteiger partial charge is 0.0598 e. The van der Waals surface area contributed by atoms with Crippen LogP contribution in [0.15, 0.2) is 60.7 Å². The van der Waals surface area contributed by atoms with E-state index in [4.69, 9.17) is 46.4 Å². The summed E-state index contributed by atoms with van der Waals surface area (Å²) >= 11 is 24.2. The number of benzene rings is 3. The fourth-order valence-corrected chi connectivity index (χ4v) is 3.10. The van der Waals surface area contributed by atoms with Crippen molar-refractivity contribution in [3.63, 3.8) is 0 Å². The molecule has 0 fully saturated rings. The first-order valence-corrected chi connectivity index (χ1v) is 8.06. The summed E-state index contributed by atoms with van der Waals surface area (Å²) in [6.07, 6.45) is 0. The van der Waals surface area contributed by atoms with Gasteiger partial charge in [0.05, 0.1) is 10.0 Å². The van der Waals surface area contributed by atoms with Crippen LogP contribution >= 0.6 is 46.4 Å². The van der Waals surface area contributed by atoms with Gasteiger partial charge in [-0.2, -0.15) is 0 Å². The molecule has 0 radical (unpaired) electrons. The van der Waals surface area contributed by atoms with Gasteiger partial charge in [0.25, 0.3) is 0 Å². The van der Waals surface area contributed by atoms with E-state index in [0.29, 0.717) is 20.1 Å². The highest BCUT2D eigenvalue weighted by Gasteiger charge is 2.06. The first kappa shape index (κ1) is 15.7. The topological polar surface area (TPSA) is 0 Å². The molecule has 0 saturated heterocycles. The van der Waals surface area contributed by atoms with Crippen LogP contribution in [0.1, 0.15) is 0 Å². The van der Waals surface area contributed by atoms with Crippen LogP contribution in [0.2, 0.25) is 20.1 Å². The van der Waals surface area contributed by atoms with Crippen LogP contribution < -0.4 is 0 Å². The summed E-state index contributed by atoms with van der Waals surface area (Å²) in [5, 5.41) is 2.31. The van der Waals surface area contributed by atoms with Crippen LogP contribution in [0.3, 0.4) is 0 Å². The van der Waals surface area contributed by atoms with Crippen LogP contribution in [0.5, 0.6) is 0 Å². The molecule has 0 unspecified atom stereocenters. The van der Waals surface area contributed by atoms with E-state index in [1.165, 1.54) is 0 Å². The number of rotatable bonds is 2. The van der Waals surface area contributed by atoms with Gasteiger partial charge in [-0.05, 0) is 58.7 Å². The molecule has 0 amide bonds. The van der Waals surface area contributed by atoms with Gasteiger partial charge in [0, 0.05) is 10.0 Å². The fraction of sp³-hybridized carbons (Fsp3) is 0. The Morgan fingerprint density at radius 3 is 1.68 bits per heavy atom. The molecule has 0 aliphatic heterocycles. The maximum atomic E-state index is 6.10. The average Bonchev–Trinajstić information content (AvgIpc) is 2.49. The molecule has 0 N–H and O–H groups in total. The summed E-state index contributed by atoms with van der Waals surface area (Å²) in [5.74, 6) is 0. The predicted octanol–water partition coefficient (Wildman–Crippen LogP) is 7.63. The summed E-state index contributed by atoms with van der Waals surface area (Å²) in [7, 11) is 0. The highest BCUT2D eigenvalue weighted by Crippen LogP contribution is 2.32. The van der Waals surface area contributed by atoms with Crippen molar-refractivity contribution in [1.82, 2.24) is 0 Å². The first-order chi connectivity index (χ1) is 10.5. The van der Waals surface area contributed by atoms with Crippen LogP contribution in [0.25, 0.3) is 22.3 Å². The Morgan fingerprint density at radius 2 is 1.05 bits per heavy atom. The van der Waals surface area contributed by atoms with Crippen LogP contribution in [0, 0.1) is 0 Å². The zero-order chi connectivity index (χ0) is 15.7. The number of halogens is 4. The van der Waals surface area contributed by atoms with Crippen LogP contribution in [0.4, 0.5) is 0 Å². The van der Waals surface area contributed by atoms with E-state index in [1.807, 2.05) is 42.5 Å². The Kier molecular flexibility index (Phi) is 4.65. The molecule has 22 heavy (non-hydrogen) atoms. The van der Waals surface area contributed by atoms with E-state index >= 15 is 0 Å². The monoisotopic (exact) mass is 366 g/mol. The summed E-state index contributed by atoms with van der Waals surface area (Å²) < 4.78 is 0. The predicted molar refractivity (Wildman–Crippen MR) is 97.4 cm³/mol. The Hall–Kier alpha value is -1.18. The molecule has 4 heteroatoms. The lowest BCUT2D eigenvalue weighted by Crippen LogP contribution is -1.82. The molecule has 0 aliphatic rings. The Balaban J connectivity index is 2.07. The maximum Gasteiger partial charge on any atom is 0.0598 e. The van der Waals surface area contributed by atoms with Gasteiger partial charge in [0.15, 0.2) is 0 Å². The van der Waals surface area contributed by atoms with Gasteiger partial charge in [-0.3, -0.25) is 0 Å². The van der Waals surface area contributed by atoms with Crippen molar-refractivity contribution in [2.45, 2.75) is 0 Å². The molecule has 3 rings (SSSR count).